The van der Waals surface area contributed by atoms with Crippen LogP contribution in [0, 0.1) is 11.8 Å². The summed E-state index contributed by atoms with van der Waals surface area (Å²) in [4.78, 5) is 38.6. The van der Waals surface area contributed by atoms with Gasteiger partial charge in [-0.2, -0.15) is 0 Å². The minimum Gasteiger partial charge on any atom is -0.481 e. The molecule has 6 nitrogen and oxygen atoms in total. The number of esters is 1. The number of aliphatic carboxylic acids is 1. The number of thiophene rings is 1. The molecule has 2 N–H and O–H groups in total. The van der Waals surface area contributed by atoms with E-state index in [1.165, 1.54) is 50.6 Å². The van der Waals surface area contributed by atoms with Crippen molar-refractivity contribution in [2.45, 2.75) is 89.9 Å². The van der Waals surface area contributed by atoms with Crippen LogP contribution in [0.3, 0.4) is 0 Å². The number of aryl methyl sites for hydroxylation is 1. The van der Waals surface area contributed by atoms with Crippen LogP contribution in [0.1, 0.15) is 97.8 Å². The first-order chi connectivity index (χ1) is 15.0. The fraction of sp³-hybridized carbons (Fsp3) is 0.708. The van der Waals surface area contributed by atoms with Gasteiger partial charge in [-0.15, -0.1) is 11.3 Å². The monoisotopic (exact) mass is 449 g/mol. The molecule has 2 aliphatic carbocycles. The summed E-state index contributed by atoms with van der Waals surface area (Å²) in [6.07, 6.45) is 13.9. The lowest BCUT2D eigenvalue weighted by atomic mass is 9.78. The number of nitrogens with one attached hydrogen (secondary N) is 1. The van der Waals surface area contributed by atoms with Crippen molar-refractivity contribution in [1.29, 1.82) is 0 Å². The maximum atomic E-state index is 13.1. The molecule has 1 heterocycles. The van der Waals surface area contributed by atoms with E-state index in [1.807, 2.05) is 0 Å². The molecule has 3 rings (SSSR count). The fourth-order valence-corrected chi connectivity index (χ4v) is 6.26. The molecule has 2 aliphatic rings. The van der Waals surface area contributed by atoms with Crippen molar-refractivity contribution in [3.63, 3.8) is 0 Å². The maximum absolute atomic E-state index is 13.1. The predicted octanol–water partition coefficient (Wildman–Crippen LogP) is 5.58. The molecule has 1 amide bonds. The van der Waals surface area contributed by atoms with Gasteiger partial charge in [0.25, 0.3) is 0 Å². The topological polar surface area (TPSA) is 92.7 Å². The van der Waals surface area contributed by atoms with Gasteiger partial charge in [-0.25, -0.2) is 4.79 Å². The van der Waals surface area contributed by atoms with Gasteiger partial charge < -0.3 is 15.2 Å². The van der Waals surface area contributed by atoms with Crippen molar-refractivity contribution < 1.29 is 24.2 Å². The van der Waals surface area contributed by atoms with Gasteiger partial charge in [-0.3, -0.25) is 9.59 Å². The summed E-state index contributed by atoms with van der Waals surface area (Å²) in [6.45, 7) is 0. The van der Waals surface area contributed by atoms with Gasteiger partial charge in [0.2, 0.25) is 5.91 Å². The molecule has 1 aromatic rings. The van der Waals surface area contributed by atoms with Crippen LogP contribution >= 0.6 is 11.3 Å². The van der Waals surface area contributed by atoms with Crippen molar-refractivity contribution in [2.24, 2.45) is 11.8 Å². The molecule has 0 spiro atoms. The number of carbonyl (C=O) groups excluding carboxylic acids is 2. The Morgan fingerprint density at radius 1 is 0.871 bits per heavy atom. The fourth-order valence-electron chi connectivity index (χ4n) is 4.98. The lowest BCUT2D eigenvalue weighted by Crippen LogP contribution is -2.36. The van der Waals surface area contributed by atoms with Crippen LogP contribution in [0.4, 0.5) is 5.00 Å². The molecule has 0 aromatic carbocycles. The van der Waals surface area contributed by atoms with E-state index in [1.54, 1.807) is 0 Å². The average Bonchev–Trinajstić information content (AvgIpc) is 3.09. The van der Waals surface area contributed by atoms with Crippen LogP contribution in [-0.4, -0.2) is 30.1 Å². The van der Waals surface area contributed by atoms with Crippen LogP contribution in [0.15, 0.2) is 0 Å². The predicted molar refractivity (Wildman–Crippen MR) is 122 cm³/mol. The molecule has 0 bridgehead atoms. The molecule has 2 atom stereocenters. The highest BCUT2D eigenvalue weighted by Gasteiger charge is 2.36. The number of carboxylic acid groups (broad SMARTS) is 1. The summed E-state index contributed by atoms with van der Waals surface area (Å²) >= 11 is 1.48. The third kappa shape index (κ3) is 6.09. The average molecular weight is 450 g/mol. The highest BCUT2D eigenvalue weighted by atomic mass is 32.1. The molecule has 0 aliphatic heterocycles. The van der Waals surface area contributed by atoms with Gasteiger partial charge in [-0.05, 0) is 44.1 Å². The molecule has 0 saturated heterocycles. The number of amides is 1. The summed E-state index contributed by atoms with van der Waals surface area (Å²) in [5.74, 6) is -2.82. The Labute approximate surface area is 188 Å². The molecule has 0 radical (unpaired) electrons. The number of rotatable bonds is 4. The van der Waals surface area contributed by atoms with Crippen LogP contribution < -0.4 is 5.32 Å². The minimum atomic E-state index is -0.911. The third-order valence-corrected chi connectivity index (χ3v) is 7.92. The van der Waals surface area contributed by atoms with Crippen molar-refractivity contribution in [3.05, 3.63) is 16.0 Å². The zero-order valence-electron chi connectivity index (χ0n) is 18.5. The van der Waals surface area contributed by atoms with Crippen molar-refractivity contribution in [1.82, 2.24) is 0 Å². The first-order valence-electron chi connectivity index (χ1n) is 11.8. The Balaban J connectivity index is 1.87. The number of carbonyl (C=O) groups is 3. The van der Waals surface area contributed by atoms with E-state index < -0.39 is 23.8 Å². The van der Waals surface area contributed by atoms with Crippen LogP contribution in [-0.2, 0) is 27.2 Å². The van der Waals surface area contributed by atoms with Gasteiger partial charge in [0.05, 0.1) is 24.5 Å². The number of fused-ring (bicyclic) bond motifs is 1. The highest BCUT2D eigenvalue weighted by molar-refractivity contribution is 7.17. The van der Waals surface area contributed by atoms with E-state index in [0.29, 0.717) is 23.4 Å². The van der Waals surface area contributed by atoms with E-state index in [0.717, 1.165) is 55.4 Å². The largest absolute Gasteiger partial charge is 0.481 e. The normalized spacial score (nSPS) is 23.0. The smallest absolute Gasteiger partial charge is 0.341 e. The van der Waals surface area contributed by atoms with Gasteiger partial charge in [-0.1, -0.05) is 51.4 Å². The summed E-state index contributed by atoms with van der Waals surface area (Å²) < 4.78 is 5.08. The van der Waals surface area contributed by atoms with Crippen LogP contribution in [0.25, 0.3) is 0 Å². The van der Waals surface area contributed by atoms with Crippen LogP contribution in [0.5, 0.6) is 0 Å². The molecule has 7 heteroatoms. The number of anilines is 1. The van der Waals surface area contributed by atoms with Crippen molar-refractivity contribution >= 4 is 34.2 Å². The lowest BCUT2D eigenvalue weighted by molar-refractivity contribution is -0.147. The second-order valence-electron chi connectivity index (χ2n) is 8.85. The molecular formula is C24H35NO5S. The standard InChI is InChI=1S/C24H35NO5S/c1-30-24(29)20-18-14-8-6-4-2-3-5-7-9-15-19(18)31-22(20)25-21(26)16-12-10-11-13-17(16)23(27)28/h16-17H,2-15H2,1H3,(H,25,26)(H,27,28)/t16-,17-/m0/s1. The molecule has 172 valence electrons. The minimum absolute atomic E-state index is 0.283. The Bertz CT molecular complexity index is 787. The number of methoxy groups -OCH3 is 1. The Hall–Kier alpha value is -1.89. The zero-order chi connectivity index (χ0) is 22.2. The molecule has 1 saturated carbocycles. The summed E-state index contributed by atoms with van der Waals surface area (Å²) in [5.41, 5.74) is 1.50. The van der Waals surface area contributed by atoms with Gasteiger partial charge in [0.1, 0.15) is 5.00 Å². The van der Waals surface area contributed by atoms with Crippen molar-refractivity contribution in [2.75, 3.05) is 12.4 Å². The number of hydrogen-bond acceptors (Lipinski definition) is 5. The van der Waals surface area contributed by atoms with E-state index in [2.05, 4.69) is 5.32 Å². The number of ether oxygens (including phenoxy) is 1. The second kappa shape index (κ2) is 11.7. The number of hydrogen-bond donors (Lipinski definition) is 2. The van der Waals surface area contributed by atoms with Gasteiger partial charge >= 0.3 is 11.9 Å². The summed E-state index contributed by atoms with van der Waals surface area (Å²) in [6, 6.07) is 0. The SMILES string of the molecule is COC(=O)c1c(NC(=O)[C@H]2CCCC[C@@H]2C(=O)O)sc2c1CCCCCCCCCC2. The first kappa shape index (κ1) is 23.8. The molecule has 1 aromatic heterocycles. The lowest BCUT2D eigenvalue weighted by Gasteiger charge is -2.27. The quantitative estimate of drug-likeness (QED) is 0.585. The Morgan fingerprint density at radius 3 is 2.06 bits per heavy atom. The molecule has 31 heavy (non-hydrogen) atoms. The van der Waals surface area contributed by atoms with E-state index in [9.17, 15) is 19.5 Å². The molecular weight excluding hydrogens is 414 g/mol. The van der Waals surface area contributed by atoms with Gasteiger partial charge in [0, 0.05) is 4.88 Å². The summed E-state index contributed by atoms with van der Waals surface area (Å²) in [5, 5.41) is 13.0. The third-order valence-electron chi connectivity index (χ3n) is 6.72. The zero-order valence-corrected chi connectivity index (χ0v) is 19.4. The Morgan fingerprint density at radius 2 is 1.45 bits per heavy atom. The first-order valence-corrected chi connectivity index (χ1v) is 12.6. The second-order valence-corrected chi connectivity index (χ2v) is 9.96. The Kier molecular flexibility index (Phi) is 8.93. The maximum Gasteiger partial charge on any atom is 0.341 e. The highest BCUT2D eigenvalue weighted by Crippen LogP contribution is 2.38. The van der Waals surface area contributed by atoms with Gasteiger partial charge in [0.15, 0.2) is 0 Å². The molecule has 1 fully saturated rings. The van der Waals surface area contributed by atoms with E-state index >= 15 is 0 Å². The van der Waals surface area contributed by atoms with E-state index in [4.69, 9.17) is 4.74 Å². The van der Waals surface area contributed by atoms with Crippen molar-refractivity contribution in [3.8, 4) is 0 Å². The van der Waals surface area contributed by atoms with Crippen LogP contribution in [0.2, 0.25) is 0 Å². The van der Waals surface area contributed by atoms with E-state index in [-0.39, 0.29) is 5.91 Å². The number of carboxylic acids is 1. The summed E-state index contributed by atoms with van der Waals surface area (Å²) in [7, 11) is 1.37. The molecule has 0 unspecified atom stereocenters.